The summed E-state index contributed by atoms with van der Waals surface area (Å²) in [6.07, 6.45) is 2.11. The van der Waals surface area contributed by atoms with Crippen molar-refractivity contribution in [3.8, 4) is 0 Å². The van der Waals surface area contributed by atoms with E-state index in [1.165, 1.54) is 10.6 Å². The summed E-state index contributed by atoms with van der Waals surface area (Å²) in [4.78, 5) is 0. The van der Waals surface area contributed by atoms with Crippen molar-refractivity contribution in [2.75, 3.05) is 19.3 Å². The Morgan fingerprint density at radius 2 is 1.71 bits per heavy atom. The number of piperidine rings is 1. The van der Waals surface area contributed by atoms with Gasteiger partial charge in [0, 0.05) is 13.1 Å². The Labute approximate surface area is 102 Å². The lowest BCUT2D eigenvalue weighted by molar-refractivity contribution is -0.00949. The number of hydrogen-bond donors (Lipinski definition) is 1. The maximum Gasteiger partial charge on any atom is 0.211 e. The molecule has 0 bridgehead atoms. The zero-order valence-electron chi connectivity index (χ0n) is 9.83. The molecular formula is C12H17NO3S. The molecule has 1 aromatic carbocycles. The predicted octanol–water partition coefficient (Wildman–Crippen LogP) is 0.930. The Kier molecular flexibility index (Phi) is 3.25. The van der Waals surface area contributed by atoms with Gasteiger partial charge < -0.3 is 5.11 Å². The van der Waals surface area contributed by atoms with Crippen LogP contribution in [0.4, 0.5) is 0 Å². The van der Waals surface area contributed by atoms with Gasteiger partial charge in [-0.3, -0.25) is 0 Å². The van der Waals surface area contributed by atoms with Gasteiger partial charge in [-0.25, -0.2) is 12.7 Å². The van der Waals surface area contributed by atoms with Crippen molar-refractivity contribution in [1.29, 1.82) is 0 Å². The molecule has 0 aromatic heterocycles. The van der Waals surface area contributed by atoms with Crippen LogP contribution < -0.4 is 0 Å². The molecule has 5 heteroatoms. The third-order valence-corrected chi connectivity index (χ3v) is 4.63. The Bertz CT molecular complexity index is 476. The van der Waals surface area contributed by atoms with E-state index in [1.54, 1.807) is 0 Å². The highest BCUT2D eigenvalue weighted by molar-refractivity contribution is 7.88. The molecule has 0 saturated carbocycles. The first-order valence-electron chi connectivity index (χ1n) is 5.65. The maximum atomic E-state index is 11.4. The van der Waals surface area contributed by atoms with Crippen LogP contribution in [0.15, 0.2) is 30.3 Å². The van der Waals surface area contributed by atoms with E-state index in [0.717, 1.165) is 5.56 Å². The summed E-state index contributed by atoms with van der Waals surface area (Å²) in [7, 11) is -3.14. The molecule has 2 rings (SSSR count). The molecule has 0 unspecified atom stereocenters. The van der Waals surface area contributed by atoms with E-state index in [9.17, 15) is 13.5 Å². The minimum absolute atomic E-state index is 0.379. The molecule has 1 saturated heterocycles. The monoisotopic (exact) mass is 255 g/mol. The molecule has 1 fully saturated rings. The fourth-order valence-corrected chi connectivity index (χ4v) is 3.07. The lowest BCUT2D eigenvalue weighted by Gasteiger charge is -2.37. The van der Waals surface area contributed by atoms with Crippen LogP contribution in [0, 0.1) is 0 Å². The predicted molar refractivity (Wildman–Crippen MR) is 66.0 cm³/mol. The topological polar surface area (TPSA) is 57.6 Å². The molecule has 0 spiro atoms. The second kappa shape index (κ2) is 4.40. The summed E-state index contributed by atoms with van der Waals surface area (Å²) in [5.41, 5.74) is -0.0178. The molecule has 4 nitrogen and oxygen atoms in total. The van der Waals surface area contributed by atoms with Gasteiger partial charge in [0.1, 0.15) is 0 Å². The Balaban J connectivity index is 2.13. The average Bonchev–Trinajstić information content (AvgIpc) is 2.29. The van der Waals surface area contributed by atoms with Crippen LogP contribution in [0.3, 0.4) is 0 Å². The number of aliphatic hydroxyl groups is 1. The van der Waals surface area contributed by atoms with Crippen molar-refractivity contribution in [3.05, 3.63) is 35.9 Å². The van der Waals surface area contributed by atoms with Gasteiger partial charge >= 0.3 is 0 Å². The van der Waals surface area contributed by atoms with Crippen molar-refractivity contribution < 1.29 is 13.5 Å². The van der Waals surface area contributed by atoms with E-state index in [4.69, 9.17) is 0 Å². The Hall–Kier alpha value is -0.910. The van der Waals surface area contributed by atoms with Crippen molar-refractivity contribution >= 4 is 10.0 Å². The second-order valence-corrected chi connectivity index (χ2v) is 6.54. The fourth-order valence-electron chi connectivity index (χ4n) is 2.22. The van der Waals surface area contributed by atoms with E-state index >= 15 is 0 Å². The van der Waals surface area contributed by atoms with Crippen LogP contribution in [0.5, 0.6) is 0 Å². The summed E-state index contributed by atoms with van der Waals surface area (Å²) in [6.45, 7) is 0.758. The van der Waals surface area contributed by atoms with Gasteiger partial charge in [-0.1, -0.05) is 30.3 Å². The maximum absolute atomic E-state index is 11.4. The SMILES string of the molecule is CS(=O)(=O)N1CCC(O)(c2ccccc2)CC1. The summed E-state index contributed by atoms with van der Waals surface area (Å²) in [6, 6.07) is 9.44. The van der Waals surface area contributed by atoms with Crippen molar-refractivity contribution in [1.82, 2.24) is 4.31 Å². The molecule has 1 aliphatic rings. The summed E-state index contributed by atoms with van der Waals surface area (Å²) in [5.74, 6) is 0. The third-order valence-electron chi connectivity index (χ3n) is 3.33. The molecule has 1 heterocycles. The van der Waals surface area contributed by atoms with Crippen molar-refractivity contribution in [3.63, 3.8) is 0 Å². The molecule has 17 heavy (non-hydrogen) atoms. The van der Waals surface area contributed by atoms with Gasteiger partial charge in [0.25, 0.3) is 0 Å². The number of benzene rings is 1. The third kappa shape index (κ3) is 2.68. The molecule has 0 amide bonds. The highest BCUT2D eigenvalue weighted by Crippen LogP contribution is 2.33. The van der Waals surface area contributed by atoms with E-state index in [2.05, 4.69) is 0 Å². The van der Waals surface area contributed by atoms with Crippen LogP contribution in [0.1, 0.15) is 18.4 Å². The first-order valence-corrected chi connectivity index (χ1v) is 7.50. The standard InChI is InChI=1S/C12H17NO3S/c1-17(15,16)13-9-7-12(14,8-10-13)11-5-3-2-4-6-11/h2-6,14H,7-10H2,1H3. The quantitative estimate of drug-likeness (QED) is 0.855. The Morgan fingerprint density at radius 3 is 2.18 bits per heavy atom. The first kappa shape index (κ1) is 12.5. The second-order valence-electron chi connectivity index (χ2n) is 4.56. The van der Waals surface area contributed by atoms with Gasteiger partial charge in [0.15, 0.2) is 0 Å². The van der Waals surface area contributed by atoms with Gasteiger partial charge in [0.05, 0.1) is 11.9 Å². The van der Waals surface area contributed by atoms with E-state index in [1.807, 2.05) is 30.3 Å². The van der Waals surface area contributed by atoms with Crippen LogP contribution in [-0.4, -0.2) is 37.2 Å². The molecule has 0 radical (unpaired) electrons. The summed E-state index contributed by atoms with van der Waals surface area (Å²) >= 11 is 0. The smallest absolute Gasteiger partial charge is 0.211 e. The molecule has 0 atom stereocenters. The zero-order chi connectivity index (χ0) is 12.5. The molecule has 1 aliphatic heterocycles. The summed E-state index contributed by atoms with van der Waals surface area (Å²) < 4.78 is 24.2. The van der Waals surface area contributed by atoms with Gasteiger partial charge in [-0.2, -0.15) is 0 Å². The van der Waals surface area contributed by atoms with Gasteiger partial charge in [0.2, 0.25) is 10.0 Å². The number of sulfonamides is 1. The molecule has 0 aliphatic carbocycles. The van der Waals surface area contributed by atoms with E-state index in [0.29, 0.717) is 25.9 Å². The number of rotatable bonds is 2. The molecule has 1 N–H and O–H groups in total. The minimum Gasteiger partial charge on any atom is -0.385 e. The van der Waals surface area contributed by atoms with E-state index in [-0.39, 0.29) is 0 Å². The van der Waals surface area contributed by atoms with E-state index < -0.39 is 15.6 Å². The van der Waals surface area contributed by atoms with Crippen LogP contribution in [-0.2, 0) is 15.6 Å². The van der Waals surface area contributed by atoms with Crippen LogP contribution >= 0.6 is 0 Å². The first-order chi connectivity index (χ1) is 7.92. The van der Waals surface area contributed by atoms with Gasteiger partial charge in [-0.15, -0.1) is 0 Å². The molecule has 1 aromatic rings. The van der Waals surface area contributed by atoms with Crippen molar-refractivity contribution in [2.45, 2.75) is 18.4 Å². The zero-order valence-corrected chi connectivity index (χ0v) is 10.7. The van der Waals surface area contributed by atoms with Crippen LogP contribution in [0.25, 0.3) is 0 Å². The molecule has 94 valence electrons. The average molecular weight is 255 g/mol. The highest BCUT2D eigenvalue weighted by Gasteiger charge is 2.36. The van der Waals surface area contributed by atoms with Gasteiger partial charge in [-0.05, 0) is 18.4 Å². The molecular weight excluding hydrogens is 238 g/mol. The summed E-state index contributed by atoms with van der Waals surface area (Å²) in [5, 5.41) is 10.5. The minimum atomic E-state index is -3.14. The van der Waals surface area contributed by atoms with Crippen molar-refractivity contribution in [2.24, 2.45) is 0 Å². The van der Waals surface area contributed by atoms with Crippen LogP contribution in [0.2, 0.25) is 0 Å². The fraction of sp³-hybridized carbons (Fsp3) is 0.500. The normalized spacial score (nSPS) is 21.3. The number of hydrogen-bond acceptors (Lipinski definition) is 3. The highest BCUT2D eigenvalue weighted by atomic mass is 32.2. The largest absolute Gasteiger partial charge is 0.385 e. The Morgan fingerprint density at radius 1 is 1.18 bits per heavy atom. The lowest BCUT2D eigenvalue weighted by atomic mass is 9.85. The lowest BCUT2D eigenvalue weighted by Crippen LogP contribution is -2.44. The number of nitrogens with zero attached hydrogens (tertiary/aromatic N) is 1.